The fourth-order valence-electron chi connectivity index (χ4n) is 1.33. The highest BCUT2D eigenvalue weighted by molar-refractivity contribution is 6.64. The zero-order valence-electron chi connectivity index (χ0n) is 7.66. The summed E-state index contributed by atoms with van der Waals surface area (Å²) in [4.78, 5) is 33.8. The van der Waals surface area contributed by atoms with Gasteiger partial charge in [0.2, 0.25) is 5.24 Å². The number of nitrogens with zero attached hydrogens (tertiary/aromatic N) is 1. The molecule has 1 heterocycles. The Morgan fingerprint density at radius 3 is 2.79 bits per heavy atom. The van der Waals surface area contributed by atoms with Gasteiger partial charge < -0.3 is 9.64 Å². The molecule has 0 spiro atoms. The van der Waals surface area contributed by atoms with Crippen LogP contribution in [0.15, 0.2) is 0 Å². The molecule has 0 aromatic heterocycles. The van der Waals surface area contributed by atoms with Crippen LogP contribution >= 0.6 is 11.6 Å². The number of halogens is 1. The number of esters is 1. The Morgan fingerprint density at radius 1 is 1.64 bits per heavy atom. The first-order valence-corrected chi connectivity index (χ1v) is 4.53. The third kappa shape index (κ3) is 2.70. The third-order valence-corrected chi connectivity index (χ3v) is 1.99. The molecular weight excluding hydrogens is 210 g/mol. The molecule has 1 amide bonds. The van der Waals surface area contributed by atoms with Crippen molar-refractivity contribution in [3.8, 4) is 0 Å². The monoisotopic (exact) mass is 219 g/mol. The minimum absolute atomic E-state index is 0.127. The molecule has 0 radical (unpaired) electrons. The smallest absolute Gasteiger partial charge is 0.303 e. The lowest BCUT2D eigenvalue weighted by Crippen LogP contribution is -2.34. The molecule has 1 aliphatic heterocycles. The predicted molar refractivity (Wildman–Crippen MR) is 47.6 cm³/mol. The van der Waals surface area contributed by atoms with Crippen LogP contribution in [0.5, 0.6) is 0 Å². The lowest BCUT2D eigenvalue weighted by molar-refractivity contribution is -0.154. The maximum Gasteiger partial charge on any atom is 0.303 e. The van der Waals surface area contributed by atoms with E-state index in [0.717, 1.165) is 0 Å². The van der Waals surface area contributed by atoms with Gasteiger partial charge in [-0.2, -0.15) is 0 Å². The van der Waals surface area contributed by atoms with E-state index in [1.807, 2.05) is 0 Å². The summed E-state index contributed by atoms with van der Waals surface area (Å²) in [7, 11) is 0. The van der Waals surface area contributed by atoms with Crippen LogP contribution in [0.25, 0.3) is 0 Å². The van der Waals surface area contributed by atoms with Gasteiger partial charge >= 0.3 is 5.97 Å². The molecule has 0 bridgehead atoms. The van der Waals surface area contributed by atoms with E-state index in [0.29, 0.717) is 13.0 Å². The third-order valence-electron chi connectivity index (χ3n) is 1.87. The first-order chi connectivity index (χ1) is 6.50. The van der Waals surface area contributed by atoms with E-state index in [9.17, 15) is 14.4 Å². The lowest BCUT2D eigenvalue weighted by Gasteiger charge is -2.13. The fourth-order valence-corrected chi connectivity index (χ4v) is 1.47. The van der Waals surface area contributed by atoms with Gasteiger partial charge in [0.1, 0.15) is 0 Å². The SMILES string of the molecule is CC(=O)O[C@@H]1CCN(CC(=O)Cl)C1=O. The van der Waals surface area contributed by atoms with Crippen LogP contribution in [-0.4, -0.2) is 41.2 Å². The van der Waals surface area contributed by atoms with Crippen molar-refractivity contribution in [2.45, 2.75) is 19.4 Å². The zero-order chi connectivity index (χ0) is 10.7. The number of ether oxygens (including phenoxy) is 1. The summed E-state index contributed by atoms with van der Waals surface area (Å²) in [6, 6.07) is 0. The molecule has 1 rings (SSSR count). The second kappa shape index (κ2) is 4.41. The zero-order valence-corrected chi connectivity index (χ0v) is 8.41. The summed E-state index contributed by atoms with van der Waals surface area (Å²) in [5.74, 6) is -0.850. The Bertz CT molecular complexity index is 253. The summed E-state index contributed by atoms with van der Waals surface area (Å²) in [5.41, 5.74) is 0. The van der Waals surface area contributed by atoms with Crippen LogP contribution in [0.2, 0.25) is 0 Å². The Balaban J connectivity index is 2.51. The minimum Gasteiger partial charge on any atom is -0.452 e. The van der Waals surface area contributed by atoms with Crippen LogP contribution in [0.1, 0.15) is 13.3 Å². The summed E-state index contributed by atoms with van der Waals surface area (Å²) in [6.45, 7) is 1.51. The Morgan fingerprint density at radius 2 is 2.29 bits per heavy atom. The van der Waals surface area contributed by atoms with Gasteiger partial charge in [0, 0.05) is 19.9 Å². The first-order valence-electron chi connectivity index (χ1n) is 4.15. The number of carbonyl (C=O) groups excluding carboxylic acids is 3. The average molecular weight is 220 g/mol. The molecule has 5 nitrogen and oxygen atoms in total. The van der Waals surface area contributed by atoms with E-state index in [4.69, 9.17) is 16.3 Å². The van der Waals surface area contributed by atoms with Crippen molar-refractivity contribution in [2.75, 3.05) is 13.1 Å². The Labute approximate surface area is 85.9 Å². The quantitative estimate of drug-likeness (QED) is 0.492. The van der Waals surface area contributed by atoms with Gasteiger partial charge in [0.05, 0.1) is 6.54 Å². The van der Waals surface area contributed by atoms with Gasteiger partial charge in [0.25, 0.3) is 5.91 Å². The van der Waals surface area contributed by atoms with Crippen molar-refractivity contribution in [3.63, 3.8) is 0 Å². The van der Waals surface area contributed by atoms with Crippen LogP contribution in [-0.2, 0) is 19.1 Å². The molecule has 0 aliphatic carbocycles. The van der Waals surface area contributed by atoms with Crippen LogP contribution in [0.3, 0.4) is 0 Å². The molecule has 6 heteroatoms. The molecule has 0 saturated carbocycles. The highest BCUT2D eigenvalue weighted by Gasteiger charge is 2.34. The molecule has 0 aromatic carbocycles. The molecule has 0 aromatic rings. The number of likely N-dealkylation sites (tertiary alicyclic amines) is 1. The van der Waals surface area contributed by atoms with Gasteiger partial charge in [-0.3, -0.25) is 14.4 Å². The van der Waals surface area contributed by atoms with E-state index >= 15 is 0 Å². The van der Waals surface area contributed by atoms with Crippen molar-refractivity contribution >= 4 is 28.7 Å². The number of hydrogen-bond acceptors (Lipinski definition) is 4. The van der Waals surface area contributed by atoms with Crippen molar-refractivity contribution in [1.29, 1.82) is 0 Å². The van der Waals surface area contributed by atoms with Gasteiger partial charge in [0.15, 0.2) is 6.10 Å². The number of carbonyl (C=O) groups is 3. The summed E-state index contributed by atoms with van der Waals surface area (Å²) in [5, 5.41) is -0.596. The summed E-state index contributed by atoms with van der Waals surface area (Å²) < 4.78 is 4.75. The van der Waals surface area contributed by atoms with Crippen molar-refractivity contribution in [1.82, 2.24) is 4.90 Å². The Hall–Kier alpha value is -1.10. The highest BCUT2D eigenvalue weighted by Crippen LogP contribution is 2.14. The van der Waals surface area contributed by atoms with Crippen molar-refractivity contribution in [2.24, 2.45) is 0 Å². The number of amides is 1. The normalized spacial score (nSPS) is 21.1. The van der Waals surface area contributed by atoms with Gasteiger partial charge in [-0.1, -0.05) is 0 Å². The summed E-state index contributed by atoms with van der Waals surface area (Å²) >= 11 is 5.14. The number of hydrogen-bond donors (Lipinski definition) is 0. The molecule has 0 N–H and O–H groups in total. The van der Waals surface area contributed by atoms with Crippen LogP contribution in [0, 0.1) is 0 Å². The van der Waals surface area contributed by atoms with Gasteiger partial charge in [-0.25, -0.2) is 0 Å². The molecule has 1 atom stereocenters. The maximum absolute atomic E-state index is 11.4. The topological polar surface area (TPSA) is 63.7 Å². The highest BCUT2D eigenvalue weighted by atomic mass is 35.5. The minimum atomic E-state index is -0.747. The van der Waals surface area contributed by atoms with E-state index in [-0.39, 0.29) is 12.5 Å². The predicted octanol–water partition coefficient (Wildman–Crippen LogP) is -0.0842. The molecule has 14 heavy (non-hydrogen) atoms. The lowest BCUT2D eigenvalue weighted by atomic mass is 10.3. The second-order valence-electron chi connectivity index (χ2n) is 3.00. The standard InChI is InChI=1S/C8H10ClNO4/c1-5(11)14-6-2-3-10(8(6)13)4-7(9)12/h6H,2-4H2,1H3/t6-/m1/s1. The van der Waals surface area contributed by atoms with Crippen molar-refractivity contribution < 1.29 is 19.1 Å². The molecule has 0 unspecified atom stereocenters. The molecule has 1 aliphatic rings. The van der Waals surface area contributed by atoms with E-state index < -0.39 is 17.3 Å². The number of rotatable bonds is 3. The first kappa shape index (κ1) is 11.0. The second-order valence-corrected chi connectivity index (χ2v) is 3.42. The Kier molecular flexibility index (Phi) is 3.46. The van der Waals surface area contributed by atoms with Gasteiger partial charge in [-0.05, 0) is 11.6 Å². The maximum atomic E-state index is 11.4. The van der Waals surface area contributed by atoms with E-state index in [1.165, 1.54) is 11.8 Å². The van der Waals surface area contributed by atoms with Crippen LogP contribution in [0.4, 0.5) is 0 Å². The molecule has 1 saturated heterocycles. The van der Waals surface area contributed by atoms with Gasteiger partial charge in [-0.15, -0.1) is 0 Å². The molecule has 78 valence electrons. The average Bonchev–Trinajstić information content (AvgIpc) is 2.34. The van der Waals surface area contributed by atoms with E-state index in [2.05, 4.69) is 0 Å². The fraction of sp³-hybridized carbons (Fsp3) is 0.625. The van der Waals surface area contributed by atoms with Crippen LogP contribution < -0.4 is 0 Å². The largest absolute Gasteiger partial charge is 0.452 e. The summed E-state index contributed by atoms with van der Waals surface area (Å²) in [6.07, 6.45) is -0.328. The van der Waals surface area contributed by atoms with Crippen molar-refractivity contribution in [3.05, 3.63) is 0 Å². The van der Waals surface area contributed by atoms with E-state index in [1.54, 1.807) is 0 Å². The molecule has 1 fully saturated rings. The molecular formula is C8H10ClNO4.